The molecule has 0 fully saturated rings. The molecule has 0 heterocycles. The van der Waals surface area contributed by atoms with Gasteiger partial charge in [-0.15, -0.1) is 12.4 Å². The van der Waals surface area contributed by atoms with E-state index < -0.39 is 0 Å². The highest BCUT2D eigenvalue weighted by atomic mass is 35.5. The van der Waals surface area contributed by atoms with E-state index in [1.54, 1.807) is 12.1 Å². The van der Waals surface area contributed by atoms with Crippen molar-refractivity contribution in [3.8, 4) is 11.5 Å². The Morgan fingerprint density at radius 3 is 2.26 bits per heavy atom. The zero-order valence-corrected chi connectivity index (χ0v) is 12.1. The van der Waals surface area contributed by atoms with Crippen LogP contribution in [0.2, 0.25) is 0 Å². The molecule has 0 spiro atoms. The predicted octanol–water partition coefficient (Wildman–Crippen LogP) is 3.17. The highest BCUT2D eigenvalue weighted by molar-refractivity contribution is 5.86. The lowest BCUT2D eigenvalue weighted by atomic mass is 10.0. The summed E-state index contributed by atoms with van der Waals surface area (Å²) in [5.41, 5.74) is 1.24. The molecule has 104 valence electrons. The number of halogens is 1. The summed E-state index contributed by atoms with van der Waals surface area (Å²) in [5, 5.41) is 20.8. The maximum Gasteiger partial charge on any atom is 0.158 e. The summed E-state index contributed by atoms with van der Waals surface area (Å²) in [5.74, 6) is -0.133. The molecular formula is C15H20ClNO2. The number of phenols is 2. The van der Waals surface area contributed by atoms with E-state index in [-0.39, 0.29) is 23.9 Å². The van der Waals surface area contributed by atoms with E-state index in [1.165, 1.54) is 5.56 Å². The summed E-state index contributed by atoms with van der Waals surface area (Å²) in [6.07, 6.45) is 0.988. The molecule has 0 aliphatic rings. The number of fused-ring (bicyclic) bond motifs is 1. The summed E-state index contributed by atoms with van der Waals surface area (Å²) < 4.78 is 0. The van der Waals surface area contributed by atoms with Gasteiger partial charge in [-0.25, -0.2) is 0 Å². The average Bonchev–Trinajstić information content (AvgIpc) is 2.37. The van der Waals surface area contributed by atoms with Gasteiger partial charge in [-0.2, -0.15) is 0 Å². The summed E-state index contributed by atoms with van der Waals surface area (Å²) in [7, 11) is 2.10. The molecule has 2 rings (SSSR count). The van der Waals surface area contributed by atoms with Crippen molar-refractivity contribution in [1.82, 2.24) is 4.90 Å². The third kappa shape index (κ3) is 3.75. The average molecular weight is 282 g/mol. The van der Waals surface area contributed by atoms with Crippen LogP contribution in [0.5, 0.6) is 11.5 Å². The van der Waals surface area contributed by atoms with Crippen LogP contribution >= 0.6 is 12.4 Å². The van der Waals surface area contributed by atoms with Gasteiger partial charge in [-0.05, 0) is 48.5 Å². The molecule has 2 N–H and O–H groups in total. The quantitative estimate of drug-likeness (QED) is 0.846. The maximum atomic E-state index is 9.51. The smallest absolute Gasteiger partial charge is 0.158 e. The zero-order chi connectivity index (χ0) is 13.1. The molecule has 0 aliphatic carbocycles. The number of hydrogen-bond donors (Lipinski definition) is 2. The molecule has 0 amide bonds. The standard InChI is InChI=1S/C15H19NO2.ClH/c1-3-16(2)7-6-11-4-5-12-9-14(17)15(18)10-13(12)8-11;/h4-5,8-10,17-18H,3,6-7H2,1-2H3;1H. The topological polar surface area (TPSA) is 43.7 Å². The van der Waals surface area contributed by atoms with Gasteiger partial charge in [0.15, 0.2) is 11.5 Å². The Balaban J connectivity index is 0.00000180. The van der Waals surface area contributed by atoms with Crippen LogP contribution in [0.25, 0.3) is 10.8 Å². The van der Waals surface area contributed by atoms with E-state index in [9.17, 15) is 10.2 Å². The van der Waals surface area contributed by atoms with Gasteiger partial charge in [0.2, 0.25) is 0 Å². The summed E-state index contributed by atoms with van der Waals surface area (Å²) in [6, 6.07) is 9.32. The van der Waals surface area contributed by atoms with E-state index >= 15 is 0 Å². The van der Waals surface area contributed by atoms with Gasteiger partial charge in [-0.3, -0.25) is 0 Å². The van der Waals surface area contributed by atoms with Crippen molar-refractivity contribution in [3.05, 3.63) is 35.9 Å². The van der Waals surface area contributed by atoms with Gasteiger partial charge in [0.25, 0.3) is 0 Å². The van der Waals surface area contributed by atoms with Gasteiger partial charge in [-0.1, -0.05) is 25.1 Å². The molecule has 0 atom stereocenters. The van der Waals surface area contributed by atoms with Crippen LogP contribution in [0.1, 0.15) is 12.5 Å². The Morgan fingerprint density at radius 1 is 1.00 bits per heavy atom. The Hall–Kier alpha value is -1.45. The van der Waals surface area contributed by atoms with Crippen LogP contribution in [0.3, 0.4) is 0 Å². The third-order valence-electron chi connectivity index (χ3n) is 3.32. The highest BCUT2D eigenvalue weighted by Crippen LogP contribution is 2.30. The fourth-order valence-corrected chi connectivity index (χ4v) is 1.96. The Morgan fingerprint density at radius 2 is 1.63 bits per heavy atom. The highest BCUT2D eigenvalue weighted by Gasteiger charge is 2.04. The van der Waals surface area contributed by atoms with E-state index in [1.807, 2.05) is 6.07 Å². The first-order valence-corrected chi connectivity index (χ1v) is 6.23. The summed E-state index contributed by atoms with van der Waals surface area (Å²) in [6.45, 7) is 4.20. The lowest BCUT2D eigenvalue weighted by Gasteiger charge is -2.13. The fourth-order valence-electron chi connectivity index (χ4n) is 1.96. The van der Waals surface area contributed by atoms with Crippen molar-refractivity contribution in [2.24, 2.45) is 0 Å². The molecule has 0 aliphatic heterocycles. The largest absolute Gasteiger partial charge is 0.504 e. The summed E-state index contributed by atoms with van der Waals surface area (Å²) in [4.78, 5) is 2.26. The van der Waals surface area contributed by atoms with Crippen molar-refractivity contribution in [3.63, 3.8) is 0 Å². The van der Waals surface area contributed by atoms with E-state index in [2.05, 4.69) is 31.0 Å². The molecule has 4 heteroatoms. The van der Waals surface area contributed by atoms with Crippen molar-refractivity contribution in [1.29, 1.82) is 0 Å². The second kappa shape index (κ2) is 6.64. The second-order valence-corrected chi connectivity index (χ2v) is 4.67. The first kappa shape index (κ1) is 15.6. The van der Waals surface area contributed by atoms with Gasteiger partial charge < -0.3 is 15.1 Å². The van der Waals surface area contributed by atoms with Crippen molar-refractivity contribution < 1.29 is 10.2 Å². The number of aromatic hydroxyl groups is 2. The molecule has 2 aromatic rings. The number of phenolic OH excluding ortho intramolecular Hbond substituents is 2. The fraction of sp³-hybridized carbons (Fsp3) is 0.333. The van der Waals surface area contributed by atoms with Gasteiger partial charge in [0, 0.05) is 6.54 Å². The van der Waals surface area contributed by atoms with E-state index in [0.717, 1.165) is 30.3 Å². The first-order chi connectivity index (χ1) is 8.60. The molecular weight excluding hydrogens is 262 g/mol. The van der Waals surface area contributed by atoms with E-state index in [4.69, 9.17) is 0 Å². The Labute approximate surface area is 119 Å². The Kier molecular flexibility index (Phi) is 5.45. The maximum absolute atomic E-state index is 9.51. The molecule has 2 aromatic carbocycles. The SMILES string of the molecule is CCN(C)CCc1ccc2cc(O)c(O)cc2c1.Cl. The second-order valence-electron chi connectivity index (χ2n) is 4.67. The minimum atomic E-state index is -0.0685. The molecule has 0 saturated heterocycles. The summed E-state index contributed by atoms with van der Waals surface area (Å²) >= 11 is 0. The normalized spacial score (nSPS) is 10.7. The molecule has 19 heavy (non-hydrogen) atoms. The minimum absolute atomic E-state index is 0. The van der Waals surface area contributed by atoms with Crippen molar-refractivity contribution >= 4 is 23.2 Å². The Bertz CT molecular complexity index is 557. The predicted molar refractivity (Wildman–Crippen MR) is 81.4 cm³/mol. The first-order valence-electron chi connectivity index (χ1n) is 6.23. The van der Waals surface area contributed by atoms with Gasteiger partial charge in [0.05, 0.1) is 0 Å². The number of hydrogen-bond acceptors (Lipinski definition) is 3. The minimum Gasteiger partial charge on any atom is -0.504 e. The number of nitrogens with zero attached hydrogens (tertiary/aromatic N) is 1. The van der Waals surface area contributed by atoms with Crippen LogP contribution in [0.4, 0.5) is 0 Å². The molecule has 0 radical (unpaired) electrons. The van der Waals surface area contributed by atoms with Crippen LogP contribution in [0.15, 0.2) is 30.3 Å². The number of benzene rings is 2. The van der Waals surface area contributed by atoms with Crippen LogP contribution in [-0.2, 0) is 6.42 Å². The van der Waals surface area contributed by atoms with E-state index in [0.29, 0.717) is 0 Å². The van der Waals surface area contributed by atoms with Crippen LogP contribution in [0, 0.1) is 0 Å². The molecule has 0 aromatic heterocycles. The monoisotopic (exact) mass is 281 g/mol. The van der Waals surface area contributed by atoms with Crippen LogP contribution < -0.4 is 0 Å². The molecule has 0 saturated carbocycles. The molecule has 3 nitrogen and oxygen atoms in total. The van der Waals surface area contributed by atoms with Gasteiger partial charge in [0.1, 0.15) is 0 Å². The van der Waals surface area contributed by atoms with Gasteiger partial charge >= 0.3 is 0 Å². The molecule has 0 unspecified atom stereocenters. The lowest BCUT2D eigenvalue weighted by molar-refractivity contribution is 0.357. The van der Waals surface area contributed by atoms with Crippen molar-refractivity contribution in [2.75, 3.05) is 20.1 Å². The van der Waals surface area contributed by atoms with Crippen LogP contribution in [-0.4, -0.2) is 35.3 Å². The third-order valence-corrected chi connectivity index (χ3v) is 3.32. The lowest BCUT2D eigenvalue weighted by Crippen LogP contribution is -2.20. The number of rotatable bonds is 4. The number of likely N-dealkylation sites (N-methyl/N-ethyl adjacent to an activating group) is 1. The zero-order valence-electron chi connectivity index (χ0n) is 11.3. The van der Waals surface area contributed by atoms with Crippen molar-refractivity contribution in [2.45, 2.75) is 13.3 Å². The molecule has 0 bridgehead atoms.